The predicted molar refractivity (Wildman–Crippen MR) is 91.4 cm³/mol. The van der Waals surface area contributed by atoms with Gasteiger partial charge < -0.3 is 4.74 Å². The quantitative estimate of drug-likeness (QED) is 0.546. The Bertz CT molecular complexity index is 1090. The Labute approximate surface area is 151 Å². The molecule has 0 bridgehead atoms. The SMILES string of the molecule is COc1cnc(-n2c(-c3ccccn3)cc3cc(C(F)(F)F)cnc32)cn1. The number of rotatable bonds is 3. The van der Waals surface area contributed by atoms with Crippen molar-refractivity contribution in [2.75, 3.05) is 7.11 Å². The minimum atomic E-state index is -4.48. The van der Waals surface area contributed by atoms with E-state index in [1.807, 2.05) is 0 Å². The fraction of sp³-hybridized carbons (Fsp3) is 0.111. The van der Waals surface area contributed by atoms with Crippen LogP contribution in [-0.2, 0) is 6.18 Å². The molecule has 9 heteroatoms. The number of nitrogens with zero attached hydrogens (tertiary/aromatic N) is 5. The smallest absolute Gasteiger partial charge is 0.417 e. The van der Waals surface area contributed by atoms with E-state index in [1.165, 1.54) is 19.5 Å². The molecule has 0 fully saturated rings. The second-order valence-corrected chi connectivity index (χ2v) is 5.63. The first-order chi connectivity index (χ1) is 13.0. The van der Waals surface area contributed by atoms with Gasteiger partial charge in [0.1, 0.15) is 5.65 Å². The van der Waals surface area contributed by atoms with Crippen LogP contribution in [0.15, 0.2) is 55.1 Å². The second-order valence-electron chi connectivity index (χ2n) is 5.63. The lowest BCUT2D eigenvalue weighted by Gasteiger charge is -2.10. The molecule has 0 aromatic carbocycles. The van der Waals surface area contributed by atoms with Crippen LogP contribution in [0.1, 0.15) is 5.56 Å². The second kappa shape index (κ2) is 6.35. The molecule has 4 rings (SSSR count). The van der Waals surface area contributed by atoms with Crippen LogP contribution in [0, 0.1) is 0 Å². The van der Waals surface area contributed by atoms with Gasteiger partial charge in [0.25, 0.3) is 0 Å². The normalized spacial score (nSPS) is 11.7. The first kappa shape index (κ1) is 17.0. The van der Waals surface area contributed by atoms with Gasteiger partial charge in [-0.15, -0.1) is 0 Å². The predicted octanol–water partition coefficient (Wildman–Crippen LogP) is 3.90. The minimum Gasteiger partial charge on any atom is -0.480 e. The Kier molecular flexibility index (Phi) is 3.98. The Morgan fingerprint density at radius 1 is 0.963 bits per heavy atom. The number of hydrogen-bond donors (Lipinski definition) is 0. The molecule has 4 aromatic rings. The van der Waals surface area contributed by atoms with E-state index in [9.17, 15) is 13.2 Å². The van der Waals surface area contributed by atoms with E-state index in [0.717, 1.165) is 12.3 Å². The summed E-state index contributed by atoms with van der Waals surface area (Å²) in [7, 11) is 1.47. The summed E-state index contributed by atoms with van der Waals surface area (Å²) in [6.07, 6.45) is 0.815. The third kappa shape index (κ3) is 3.07. The lowest BCUT2D eigenvalue weighted by Crippen LogP contribution is -2.06. The Balaban J connectivity index is 1.98. The van der Waals surface area contributed by atoms with Crippen LogP contribution in [0.5, 0.6) is 5.88 Å². The average molecular weight is 371 g/mol. The van der Waals surface area contributed by atoms with Crippen LogP contribution in [0.3, 0.4) is 0 Å². The van der Waals surface area contributed by atoms with Gasteiger partial charge in [-0.25, -0.2) is 15.0 Å². The van der Waals surface area contributed by atoms with E-state index in [-0.39, 0.29) is 0 Å². The lowest BCUT2D eigenvalue weighted by atomic mass is 10.2. The standard InChI is InChI=1S/C18H12F3N5O/c1-27-16-10-23-15(9-24-16)26-14(13-4-2-3-5-22-13)7-11-6-12(18(19,20)21)8-25-17(11)26/h2-10H,1H3. The number of halogens is 3. The highest BCUT2D eigenvalue weighted by Gasteiger charge is 2.31. The molecule has 4 aromatic heterocycles. The van der Waals surface area contributed by atoms with Crippen molar-refractivity contribution in [2.24, 2.45) is 0 Å². The zero-order chi connectivity index (χ0) is 19.0. The Hall–Kier alpha value is -3.49. The van der Waals surface area contributed by atoms with E-state index in [2.05, 4.69) is 19.9 Å². The lowest BCUT2D eigenvalue weighted by molar-refractivity contribution is -0.137. The molecule has 0 N–H and O–H groups in total. The van der Waals surface area contributed by atoms with Gasteiger partial charge in [0, 0.05) is 17.8 Å². The highest BCUT2D eigenvalue weighted by Crippen LogP contribution is 2.34. The maximum absolute atomic E-state index is 13.1. The summed E-state index contributed by atoms with van der Waals surface area (Å²) in [4.78, 5) is 16.7. The van der Waals surface area contributed by atoms with Gasteiger partial charge in [-0.3, -0.25) is 9.55 Å². The van der Waals surface area contributed by atoms with Crippen LogP contribution in [0.2, 0.25) is 0 Å². The van der Waals surface area contributed by atoms with Crippen molar-refractivity contribution in [2.45, 2.75) is 6.18 Å². The van der Waals surface area contributed by atoms with Gasteiger partial charge in [-0.1, -0.05) is 6.07 Å². The molecule has 0 aliphatic carbocycles. The molecule has 27 heavy (non-hydrogen) atoms. The maximum Gasteiger partial charge on any atom is 0.417 e. The van der Waals surface area contributed by atoms with Crippen molar-refractivity contribution >= 4 is 11.0 Å². The zero-order valence-electron chi connectivity index (χ0n) is 14.0. The van der Waals surface area contributed by atoms with E-state index in [1.54, 1.807) is 35.0 Å². The average Bonchev–Trinajstić information content (AvgIpc) is 3.07. The highest BCUT2D eigenvalue weighted by atomic mass is 19.4. The van der Waals surface area contributed by atoms with E-state index < -0.39 is 11.7 Å². The number of fused-ring (bicyclic) bond motifs is 1. The molecule has 0 unspecified atom stereocenters. The number of hydrogen-bond acceptors (Lipinski definition) is 5. The van der Waals surface area contributed by atoms with Crippen LogP contribution >= 0.6 is 0 Å². The summed E-state index contributed by atoms with van der Waals surface area (Å²) in [6, 6.07) is 7.96. The van der Waals surface area contributed by atoms with Crippen molar-refractivity contribution in [1.29, 1.82) is 0 Å². The van der Waals surface area contributed by atoms with Crippen molar-refractivity contribution in [1.82, 2.24) is 24.5 Å². The van der Waals surface area contributed by atoms with E-state index in [4.69, 9.17) is 4.74 Å². The molecule has 0 saturated heterocycles. The summed E-state index contributed by atoms with van der Waals surface area (Å²) in [6.45, 7) is 0. The molecule has 0 aliphatic rings. The van der Waals surface area contributed by atoms with Crippen LogP contribution in [0.25, 0.3) is 28.2 Å². The number of aromatic nitrogens is 5. The molecule has 0 spiro atoms. The number of ether oxygens (including phenoxy) is 1. The molecule has 0 atom stereocenters. The van der Waals surface area contributed by atoms with E-state index in [0.29, 0.717) is 34.1 Å². The van der Waals surface area contributed by atoms with Crippen LogP contribution < -0.4 is 4.74 Å². The fourth-order valence-corrected chi connectivity index (χ4v) is 2.71. The first-order valence-corrected chi connectivity index (χ1v) is 7.84. The van der Waals surface area contributed by atoms with Gasteiger partial charge in [0.15, 0.2) is 5.82 Å². The van der Waals surface area contributed by atoms with Crippen LogP contribution in [0.4, 0.5) is 13.2 Å². The minimum absolute atomic E-state index is 0.321. The van der Waals surface area contributed by atoms with Crippen molar-refractivity contribution in [3.8, 4) is 23.1 Å². The molecule has 0 saturated carbocycles. The Morgan fingerprint density at radius 2 is 1.81 bits per heavy atom. The van der Waals surface area contributed by atoms with Gasteiger partial charge in [0.05, 0.1) is 36.5 Å². The summed E-state index contributed by atoms with van der Waals surface area (Å²) in [5.41, 5.74) is 0.627. The largest absolute Gasteiger partial charge is 0.480 e. The molecule has 0 aliphatic heterocycles. The highest BCUT2D eigenvalue weighted by molar-refractivity contribution is 5.85. The summed E-state index contributed by atoms with van der Waals surface area (Å²) in [5.74, 6) is 0.709. The molecule has 0 radical (unpaired) electrons. The monoisotopic (exact) mass is 371 g/mol. The molecule has 6 nitrogen and oxygen atoms in total. The maximum atomic E-state index is 13.1. The van der Waals surface area contributed by atoms with Crippen molar-refractivity contribution in [3.63, 3.8) is 0 Å². The molecule has 0 amide bonds. The van der Waals surface area contributed by atoms with Crippen molar-refractivity contribution < 1.29 is 17.9 Å². The first-order valence-electron chi connectivity index (χ1n) is 7.84. The third-order valence-corrected chi connectivity index (χ3v) is 3.95. The Morgan fingerprint density at radius 3 is 2.44 bits per heavy atom. The van der Waals surface area contributed by atoms with Gasteiger partial charge in [-0.05, 0) is 24.3 Å². The zero-order valence-corrected chi connectivity index (χ0v) is 14.0. The molecular formula is C18H12F3N5O. The number of methoxy groups -OCH3 is 1. The topological polar surface area (TPSA) is 65.7 Å². The van der Waals surface area contributed by atoms with Crippen LogP contribution in [-0.4, -0.2) is 31.6 Å². The number of pyridine rings is 2. The van der Waals surface area contributed by atoms with Gasteiger partial charge >= 0.3 is 6.18 Å². The number of alkyl halides is 3. The molecular weight excluding hydrogens is 359 g/mol. The van der Waals surface area contributed by atoms with E-state index >= 15 is 0 Å². The fourth-order valence-electron chi connectivity index (χ4n) is 2.71. The third-order valence-electron chi connectivity index (χ3n) is 3.95. The summed E-state index contributed by atoms with van der Waals surface area (Å²) >= 11 is 0. The van der Waals surface area contributed by atoms with Gasteiger partial charge in [-0.2, -0.15) is 13.2 Å². The molecule has 4 heterocycles. The molecule has 136 valence electrons. The van der Waals surface area contributed by atoms with Crippen molar-refractivity contribution in [3.05, 3.63) is 60.7 Å². The summed E-state index contributed by atoms with van der Waals surface area (Å²) < 4.78 is 45.8. The van der Waals surface area contributed by atoms with Gasteiger partial charge in [0.2, 0.25) is 5.88 Å². The summed E-state index contributed by atoms with van der Waals surface area (Å²) in [5, 5.41) is 0.322.